The van der Waals surface area contributed by atoms with E-state index in [4.69, 9.17) is 9.57 Å². The van der Waals surface area contributed by atoms with Crippen molar-refractivity contribution in [3.05, 3.63) is 29.6 Å². The van der Waals surface area contributed by atoms with E-state index >= 15 is 0 Å². The number of carbonyl (C=O) groups is 1. The lowest BCUT2D eigenvalue weighted by atomic mass is 10.0. The van der Waals surface area contributed by atoms with Crippen LogP contribution in [0.1, 0.15) is 18.4 Å². The first kappa shape index (κ1) is 14.8. The Balaban J connectivity index is 1.58. The van der Waals surface area contributed by atoms with Gasteiger partial charge in [0.15, 0.2) is 0 Å². The molecule has 22 heavy (non-hydrogen) atoms. The second-order valence-electron chi connectivity index (χ2n) is 5.33. The second-order valence-corrected chi connectivity index (χ2v) is 5.33. The molecule has 0 spiro atoms. The number of morpholine rings is 1. The van der Waals surface area contributed by atoms with Gasteiger partial charge in [-0.25, -0.2) is 4.39 Å². The number of rotatable bonds is 3. The number of aromatic hydroxyl groups is 1. The van der Waals surface area contributed by atoms with E-state index in [1.807, 2.05) is 0 Å². The van der Waals surface area contributed by atoms with Gasteiger partial charge in [0.25, 0.3) is 0 Å². The third kappa shape index (κ3) is 3.19. The maximum Gasteiger partial charge on any atom is 0.226 e. The van der Waals surface area contributed by atoms with Gasteiger partial charge in [-0.05, 0) is 12.1 Å². The molecule has 7 heteroatoms. The largest absolute Gasteiger partial charge is 0.508 e. The Morgan fingerprint density at radius 3 is 2.91 bits per heavy atom. The van der Waals surface area contributed by atoms with E-state index in [-0.39, 0.29) is 24.2 Å². The van der Waals surface area contributed by atoms with Crippen molar-refractivity contribution in [1.82, 2.24) is 4.90 Å². The van der Waals surface area contributed by atoms with Crippen LogP contribution >= 0.6 is 0 Å². The van der Waals surface area contributed by atoms with Crippen LogP contribution in [0.2, 0.25) is 0 Å². The summed E-state index contributed by atoms with van der Waals surface area (Å²) >= 11 is 0. The molecule has 6 nitrogen and oxygen atoms in total. The molecule has 1 fully saturated rings. The highest BCUT2D eigenvalue weighted by Crippen LogP contribution is 2.23. The van der Waals surface area contributed by atoms with Gasteiger partial charge in [0.2, 0.25) is 5.91 Å². The van der Waals surface area contributed by atoms with E-state index < -0.39 is 5.82 Å². The van der Waals surface area contributed by atoms with E-state index in [2.05, 4.69) is 5.16 Å². The average Bonchev–Trinajstić information content (AvgIpc) is 2.96. The molecule has 118 valence electrons. The molecule has 1 unspecified atom stereocenters. The van der Waals surface area contributed by atoms with Crippen LogP contribution in [0.3, 0.4) is 0 Å². The molecule has 1 amide bonds. The molecule has 2 aliphatic heterocycles. The summed E-state index contributed by atoms with van der Waals surface area (Å²) < 4.78 is 19.0. The Hall–Kier alpha value is -2.15. The summed E-state index contributed by atoms with van der Waals surface area (Å²) in [6.45, 7) is 2.28. The summed E-state index contributed by atoms with van der Waals surface area (Å²) in [4.78, 5) is 19.1. The van der Waals surface area contributed by atoms with Gasteiger partial charge in [-0.15, -0.1) is 0 Å². The van der Waals surface area contributed by atoms with Crippen LogP contribution in [-0.4, -0.2) is 54.0 Å². The fourth-order valence-corrected chi connectivity index (χ4v) is 2.57. The molecule has 0 bridgehead atoms. The van der Waals surface area contributed by atoms with Crippen molar-refractivity contribution in [1.29, 1.82) is 0 Å². The first-order valence-electron chi connectivity index (χ1n) is 7.20. The van der Waals surface area contributed by atoms with Gasteiger partial charge in [-0.2, -0.15) is 0 Å². The van der Waals surface area contributed by atoms with Crippen molar-refractivity contribution in [3.8, 4) is 5.75 Å². The topological polar surface area (TPSA) is 71.4 Å². The molecule has 1 aromatic carbocycles. The summed E-state index contributed by atoms with van der Waals surface area (Å²) in [6, 6.07) is 3.89. The number of ether oxygens (including phenoxy) is 1. The molecule has 1 N–H and O–H groups in total. The van der Waals surface area contributed by atoms with E-state index in [0.29, 0.717) is 44.0 Å². The summed E-state index contributed by atoms with van der Waals surface area (Å²) in [5.74, 6) is -0.696. The minimum atomic E-state index is -0.553. The summed E-state index contributed by atoms with van der Waals surface area (Å²) in [5.41, 5.74) is 0.747. The summed E-state index contributed by atoms with van der Waals surface area (Å²) in [7, 11) is 0. The molecule has 0 radical (unpaired) electrons. The normalized spacial score (nSPS) is 21.4. The second kappa shape index (κ2) is 6.31. The van der Waals surface area contributed by atoms with Crippen LogP contribution in [0, 0.1) is 5.82 Å². The van der Waals surface area contributed by atoms with Crippen LogP contribution < -0.4 is 0 Å². The zero-order valence-electron chi connectivity index (χ0n) is 12.0. The lowest BCUT2D eigenvalue weighted by Gasteiger charge is -2.27. The number of hydrogen-bond acceptors (Lipinski definition) is 5. The minimum absolute atomic E-state index is 0.00377. The Labute approximate surface area is 127 Å². The Morgan fingerprint density at radius 1 is 1.41 bits per heavy atom. The number of nitrogens with zero attached hydrogens (tertiary/aromatic N) is 2. The van der Waals surface area contributed by atoms with Gasteiger partial charge in [0.05, 0.1) is 25.3 Å². The van der Waals surface area contributed by atoms with Gasteiger partial charge < -0.3 is 19.6 Å². The van der Waals surface area contributed by atoms with E-state index in [0.717, 1.165) is 6.07 Å². The molecular formula is C15H17FN2O4. The van der Waals surface area contributed by atoms with Crippen LogP contribution in [0.15, 0.2) is 23.4 Å². The van der Waals surface area contributed by atoms with Crippen LogP contribution in [-0.2, 0) is 14.4 Å². The number of benzene rings is 1. The smallest absolute Gasteiger partial charge is 0.226 e. The number of amides is 1. The number of halogens is 1. The van der Waals surface area contributed by atoms with Crippen LogP contribution in [0.4, 0.5) is 4.39 Å². The van der Waals surface area contributed by atoms with Crippen molar-refractivity contribution in [2.24, 2.45) is 5.16 Å². The molecule has 1 aromatic rings. The summed E-state index contributed by atoms with van der Waals surface area (Å²) in [6.07, 6.45) is 0.211. The molecule has 2 heterocycles. The zero-order valence-corrected chi connectivity index (χ0v) is 12.0. The third-order valence-corrected chi connectivity index (χ3v) is 3.76. The van der Waals surface area contributed by atoms with Crippen molar-refractivity contribution in [2.75, 3.05) is 26.3 Å². The van der Waals surface area contributed by atoms with Crippen molar-refractivity contribution < 1.29 is 23.9 Å². The molecule has 0 aromatic heterocycles. The van der Waals surface area contributed by atoms with Crippen LogP contribution in [0.25, 0.3) is 0 Å². The third-order valence-electron chi connectivity index (χ3n) is 3.76. The van der Waals surface area contributed by atoms with E-state index in [9.17, 15) is 14.3 Å². The SMILES string of the molecule is O=C(CC1CC(c2ccc(O)cc2F)=NO1)N1CCOCC1. The van der Waals surface area contributed by atoms with E-state index in [1.54, 1.807) is 4.90 Å². The fraction of sp³-hybridized carbons (Fsp3) is 0.467. The first-order chi connectivity index (χ1) is 10.6. The van der Waals surface area contributed by atoms with Gasteiger partial charge in [-0.1, -0.05) is 5.16 Å². The van der Waals surface area contributed by atoms with E-state index in [1.165, 1.54) is 12.1 Å². The predicted octanol–water partition coefficient (Wildman–Crippen LogP) is 1.27. The molecule has 1 saturated heterocycles. The lowest BCUT2D eigenvalue weighted by Crippen LogP contribution is -2.41. The molecular weight excluding hydrogens is 291 g/mol. The predicted molar refractivity (Wildman–Crippen MR) is 76.1 cm³/mol. The van der Waals surface area contributed by atoms with Crippen molar-refractivity contribution in [3.63, 3.8) is 0 Å². The van der Waals surface area contributed by atoms with Gasteiger partial charge in [-0.3, -0.25) is 4.79 Å². The molecule has 2 aliphatic rings. The van der Waals surface area contributed by atoms with Crippen LogP contribution in [0.5, 0.6) is 5.75 Å². The monoisotopic (exact) mass is 308 g/mol. The quantitative estimate of drug-likeness (QED) is 0.913. The van der Waals surface area contributed by atoms with Crippen molar-refractivity contribution in [2.45, 2.75) is 18.9 Å². The number of phenols is 1. The number of oxime groups is 1. The number of hydrogen-bond donors (Lipinski definition) is 1. The van der Waals surface area contributed by atoms with Crippen molar-refractivity contribution >= 4 is 11.6 Å². The maximum atomic E-state index is 13.8. The Bertz CT molecular complexity index is 599. The van der Waals surface area contributed by atoms with Gasteiger partial charge >= 0.3 is 0 Å². The average molecular weight is 308 g/mol. The molecule has 1 atom stereocenters. The number of phenolic OH excluding ortho intramolecular Hbond substituents is 1. The van der Waals surface area contributed by atoms with Gasteiger partial charge in [0.1, 0.15) is 17.7 Å². The zero-order chi connectivity index (χ0) is 15.5. The highest BCUT2D eigenvalue weighted by atomic mass is 19.1. The maximum absolute atomic E-state index is 13.8. The standard InChI is InChI=1S/C15H17FN2O4/c16-13-7-10(19)1-2-12(13)14-8-11(22-17-14)9-15(20)18-3-5-21-6-4-18/h1-2,7,11,19H,3-6,8-9H2. The lowest BCUT2D eigenvalue weighted by molar-refractivity contribution is -0.137. The molecule has 3 rings (SSSR count). The Kier molecular flexibility index (Phi) is 4.24. The fourth-order valence-electron chi connectivity index (χ4n) is 2.57. The first-order valence-corrected chi connectivity index (χ1v) is 7.20. The summed E-state index contributed by atoms with van der Waals surface area (Å²) in [5, 5.41) is 13.1. The molecule has 0 aliphatic carbocycles. The molecule has 0 saturated carbocycles. The highest BCUT2D eigenvalue weighted by Gasteiger charge is 2.28. The highest BCUT2D eigenvalue weighted by molar-refractivity contribution is 6.01. The van der Waals surface area contributed by atoms with Gasteiger partial charge in [0, 0.05) is 31.1 Å². The Morgan fingerprint density at radius 2 is 2.18 bits per heavy atom. The minimum Gasteiger partial charge on any atom is -0.508 e. The number of carbonyl (C=O) groups excluding carboxylic acids is 1.